The predicted molar refractivity (Wildman–Crippen MR) is 127 cm³/mol. The maximum Gasteiger partial charge on any atom is 0.274 e. The summed E-state index contributed by atoms with van der Waals surface area (Å²) >= 11 is 4.89. The average Bonchev–Trinajstić information content (AvgIpc) is 3.30. The van der Waals surface area contributed by atoms with Crippen molar-refractivity contribution in [3.05, 3.63) is 97.0 Å². The van der Waals surface area contributed by atoms with Crippen LogP contribution in [0.5, 0.6) is 11.5 Å². The Labute approximate surface area is 194 Å². The van der Waals surface area contributed by atoms with E-state index in [-0.39, 0.29) is 18.0 Å². The number of hydrogen-bond donors (Lipinski definition) is 0. The van der Waals surface area contributed by atoms with Gasteiger partial charge < -0.3 is 9.47 Å². The summed E-state index contributed by atoms with van der Waals surface area (Å²) in [5.74, 6) is 0.706. The number of rotatable bonds is 5. The van der Waals surface area contributed by atoms with Crippen LogP contribution in [-0.4, -0.2) is 16.5 Å². The Hall–Kier alpha value is -3.23. The lowest BCUT2D eigenvalue weighted by Gasteiger charge is -2.13. The minimum Gasteiger partial charge on any atom is -0.493 e. The average molecular weight is 511 g/mol. The first-order chi connectivity index (χ1) is 15.5. The van der Waals surface area contributed by atoms with Crippen molar-refractivity contribution in [3.8, 4) is 11.5 Å². The second kappa shape index (κ2) is 8.37. The molecule has 8 heteroatoms. The van der Waals surface area contributed by atoms with Crippen LogP contribution in [0.4, 0.5) is 4.39 Å². The van der Waals surface area contributed by atoms with Crippen LogP contribution in [0.1, 0.15) is 11.1 Å². The molecule has 0 unspecified atom stereocenters. The van der Waals surface area contributed by atoms with Gasteiger partial charge in [-0.05, 0) is 53.6 Å². The minimum atomic E-state index is -0.312. The van der Waals surface area contributed by atoms with E-state index in [2.05, 4.69) is 20.9 Å². The number of nitrogens with zero attached hydrogens (tertiary/aromatic N) is 2. The van der Waals surface area contributed by atoms with Gasteiger partial charge in [-0.1, -0.05) is 51.5 Å². The summed E-state index contributed by atoms with van der Waals surface area (Å²) in [6.45, 7) is 0.198. The molecule has 2 aromatic heterocycles. The molecule has 2 heterocycles. The lowest BCUT2D eigenvalue weighted by atomic mass is 10.2. The first kappa shape index (κ1) is 20.7. The second-order valence-corrected chi connectivity index (χ2v) is 8.94. The molecule has 5 rings (SSSR count). The molecule has 160 valence electrons. The Bertz CT molecular complexity index is 1580. The maximum absolute atomic E-state index is 13.4. The van der Waals surface area contributed by atoms with Crippen molar-refractivity contribution >= 4 is 49.3 Å². The van der Waals surface area contributed by atoms with E-state index in [0.29, 0.717) is 26.6 Å². The standard InChI is InChI=1S/C24H16BrFN2O3S/c1-30-20-10-15(17(25)12-21(20)31-13-14-5-4-6-16(26)9-14)11-22-23(29)28-19-8-3-2-7-18(19)27-24(28)32-22/h2-12H,13H2,1H3. The van der Waals surface area contributed by atoms with Gasteiger partial charge in [0.1, 0.15) is 12.4 Å². The normalized spacial score (nSPS) is 12.0. The first-order valence-corrected chi connectivity index (χ1v) is 11.3. The molecule has 0 fully saturated rings. The van der Waals surface area contributed by atoms with Crippen molar-refractivity contribution in [1.82, 2.24) is 9.38 Å². The van der Waals surface area contributed by atoms with Crippen LogP contribution in [0.15, 0.2) is 69.9 Å². The number of aromatic nitrogens is 2. The summed E-state index contributed by atoms with van der Waals surface area (Å²) in [4.78, 5) is 18.2. The van der Waals surface area contributed by atoms with E-state index < -0.39 is 0 Å². The van der Waals surface area contributed by atoms with Crippen LogP contribution in [0.2, 0.25) is 0 Å². The summed E-state index contributed by atoms with van der Waals surface area (Å²) in [6, 6.07) is 17.4. The molecule has 32 heavy (non-hydrogen) atoms. The predicted octanol–water partition coefficient (Wildman–Crippen LogP) is 4.95. The minimum absolute atomic E-state index is 0.115. The van der Waals surface area contributed by atoms with E-state index >= 15 is 0 Å². The first-order valence-electron chi connectivity index (χ1n) is 9.70. The molecule has 0 amide bonds. The third-order valence-electron chi connectivity index (χ3n) is 5.00. The number of fused-ring (bicyclic) bond motifs is 3. The van der Waals surface area contributed by atoms with Gasteiger partial charge in [0.25, 0.3) is 5.56 Å². The molecule has 5 aromatic rings. The number of benzene rings is 3. The van der Waals surface area contributed by atoms with Gasteiger partial charge in [-0.2, -0.15) is 0 Å². The zero-order valence-electron chi connectivity index (χ0n) is 16.8. The fourth-order valence-corrected chi connectivity index (χ4v) is 4.89. The number of methoxy groups -OCH3 is 1. The molecule has 0 aliphatic rings. The SMILES string of the molecule is COc1cc(C=c2sc3nc4ccccc4n3c2=O)c(Br)cc1OCc1cccc(F)c1. The highest BCUT2D eigenvalue weighted by atomic mass is 79.9. The summed E-state index contributed by atoms with van der Waals surface area (Å²) in [5.41, 5.74) is 2.96. The van der Waals surface area contributed by atoms with Crippen molar-refractivity contribution in [2.75, 3.05) is 7.11 Å². The zero-order valence-corrected chi connectivity index (χ0v) is 19.2. The third kappa shape index (κ3) is 3.76. The highest BCUT2D eigenvalue weighted by molar-refractivity contribution is 9.10. The van der Waals surface area contributed by atoms with Crippen molar-refractivity contribution in [1.29, 1.82) is 0 Å². The van der Waals surface area contributed by atoms with E-state index in [0.717, 1.165) is 21.1 Å². The highest BCUT2D eigenvalue weighted by Crippen LogP contribution is 2.34. The number of halogens is 2. The van der Waals surface area contributed by atoms with Crippen molar-refractivity contribution in [2.45, 2.75) is 6.61 Å². The van der Waals surface area contributed by atoms with E-state index in [9.17, 15) is 9.18 Å². The molecule has 3 aromatic carbocycles. The quantitative estimate of drug-likeness (QED) is 0.335. The lowest BCUT2D eigenvalue weighted by molar-refractivity contribution is 0.284. The highest BCUT2D eigenvalue weighted by Gasteiger charge is 2.13. The Balaban J connectivity index is 1.52. The van der Waals surface area contributed by atoms with Crippen LogP contribution >= 0.6 is 27.3 Å². The van der Waals surface area contributed by atoms with Crippen molar-refractivity contribution in [2.24, 2.45) is 0 Å². The van der Waals surface area contributed by atoms with Gasteiger partial charge in [-0.15, -0.1) is 0 Å². The maximum atomic E-state index is 13.4. The molecule has 5 nitrogen and oxygen atoms in total. The number of imidazole rings is 1. The fraction of sp³-hybridized carbons (Fsp3) is 0.0833. The largest absolute Gasteiger partial charge is 0.493 e. The smallest absolute Gasteiger partial charge is 0.274 e. The van der Waals surface area contributed by atoms with E-state index in [1.54, 1.807) is 41.9 Å². The van der Waals surface area contributed by atoms with Crippen LogP contribution in [0, 0.1) is 5.82 Å². The Morgan fingerprint density at radius 1 is 1.12 bits per heavy atom. The number of thiazole rings is 1. The molecule has 0 bridgehead atoms. The van der Waals surface area contributed by atoms with Gasteiger partial charge in [-0.25, -0.2) is 13.8 Å². The molecule has 0 saturated carbocycles. The monoisotopic (exact) mass is 510 g/mol. The summed E-state index contributed by atoms with van der Waals surface area (Å²) in [5, 5.41) is 0. The van der Waals surface area contributed by atoms with Gasteiger partial charge in [0.15, 0.2) is 16.5 Å². The molecular weight excluding hydrogens is 495 g/mol. The summed E-state index contributed by atoms with van der Waals surface area (Å²) in [7, 11) is 1.55. The Morgan fingerprint density at radius 2 is 1.97 bits per heavy atom. The topological polar surface area (TPSA) is 52.8 Å². The fourth-order valence-electron chi connectivity index (χ4n) is 3.47. The van der Waals surface area contributed by atoms with Gasteiger partial charge in [0, 0.05) is 4.47 Å². The van der Waals surface area contributed by atoms with Crippen LogP contribution in [0.3, 0.4) is 0 Å². The molecule has 0 aliphatic carbocycles. The third-order valence-corrected chi connectivity index (χ3v) is 6.65. The molecule has 0 spiro atoms. The van der Waals surface area contributed by atoms with Gasteiger partial charge in [-0.3, -0.25) is 4.79 Å². The van der Waals surface area contributed by atoms with Crippen molar-refractivity contribution in [3.63, 3.8) is 0 Å². The summed E-state index contributed by atoms with van der Waals surface area (Å²) in [6.07, 6.45) is 1.80. The van der Waals surface area contributed by atoms with Crippen molar-refractivity contribution < 1.29 is 13.9 Å². The molecule has 0 saturated heterocycles. The van der Waals surface area contributed by atoms with Gasteiger partial charge in [0.05, 0.1) is 22.7 Å². The van der Waals surface area contributed by atoms with E-state index in [4.69, 9.17) is 9.47 Å². The van der Waals surface area contributed by atoms with E-state index in [1.165, 1.54) is 23.5 Å². The molecule has 0 N–H and O–H groups in total. The molecular formula is C24H16BrFN2O3S. The number of para-hydroxylation sites is 2. The number of ether oxygens (including phenoxy) is 2. The lowest BCUT2D eigenvalue weighted by Crippen LogP contribution is -2.22. The van der Waals surface area contributed by atoms with Crippen LogP contribution in [0.25, 0.3) is 22.1 Å². The summed E-state index contributed by atoms with van der Waals surface area (Å²) < 4.78 is 27.7. The van der Waals surface area contributed by atoms with Crippen LogP contribution < -0.4 is 19.6 Å². The zero-order chi connectivity index (χ0) is 22.2. The second-order valence-electron chi connectivity index (χ2n) is 7.08. The van der Waals surface area contributed by atoms with Gasteiger partial charge >= 0.3 is 0 Å². The van der Waals surface area contributed by atoms with Gasteiger partial charge in [0.2, 0.25) is 0 Å². The Kier molecular flexibility index (Phi) is 5.40. The van der Waals surface area contributed by atoms with E-state index in [1.807, 2.05) is 24.3 Å². The molecule has 0 aliphatic heterocycles. The Morgan fingerprint density at radius 3 is 2.78 bits per heavy atom. The number of hydrogen-bond acceptors (Lipinski definition) is 5. The van der Waals surface area contributed by atoms with Crippen LogP contribution in [-0.2, 0) is 6.61 Å². The molecule has 0 atom stereocenters. The molecule has 0 radical (unpaired) electrons.